The summed E-state index contributed by atoms with van der Waals surface area (Å²) >= 11 is 5.48. The summed E-state index contributed by atoms with van der Waals surface area (Å²) in [7, 11) is -3.93. The van der Waals surface area contributed by atoms with Gasteiger partial charge in [0.15, 0.2) is 0 Å². The lowest BCUT2D eigenvalue weighted by molar-refractivity contribution is -0.137. The highest BCUT2D eigenvalue weighted by Gasteiger charge is 2.35. The summed E-state index contributed by atoms with van der Waals surface area (Å²) in [6, 6.07) is 2.63. The first-order valence-electron chi connectivity index (χ1n) is 5.80. The van der Waals surface area contributed by atoms with E-state index >= 15 is 0 Å². The molecule has 0 aliphatic carbocycles. The van der Waals surface area contributed by atoms with E-state index in [0.29, 0.717) is 19.2 Å². The predicted molar refractivity (Wildman–Crippen MR) is 68.1 cm³/mol. The molecule has 0 amide bonds. The molecule has 1 N–H and O–H groups in total. The van der Waals surface area contributed by atoms with Gasteiger partial charge >= 0.3 is 6.18 Å². The highest BCUT2D eigenvalue weighted by Crippen LogP contribution is 2.36. The Morgan fingerprint density at radius 2 is 1.80 bits per heavy atom. The second-order valence-corrected chi connectivity index (χ2v) is 6.64. The Morgan fingerprint density at radius 1 is 1.20 bits per heavy atom. The number of rotatable bonds is 2. The molecule has 1 saturated heterocycles. The Balaban J connectivity index is 2.42. The molecule has 20 heavy (non-hydrogen) atoms. The van der Waals surface area contributed by atoms with Crippen LogP contribution in [0.15, 0.2) is 23.1 Å². The Labute approximate surface area is 119 Å². The minimum absolute atomic E-state index is 0.228. The predicted octanol–water partition coefficient (Wildman–Crippen LogP) is 1.95. The summed E-state index contributed by atoms with van der Waals surface area (Å²) in [5.74, 6) is 0. The van der Waals surface area contributed by atoms with Gasteiger partial charge in [0.05, 0.1) is 15.5 Å². The average Bonchev–Trinajstić information content (AvgIpc) is 2.38. The summed E-state index contributed by atoms with van der Waals surface area (Å²) in [5.41, 5.74) is -1.14. The van der Waals surface area contributed by atoms with E-state index < -0.39 is 31.7 Å². The number of halogens is 4. The Bertz CT molecular complexity index is 598. The second kappa shape index (κ2) is 5.51. The van der Waals surface area contributed by atoms with Crippen molar-refractivity contribution in [1.82, 2.24) is 9.62 Å². The Kier molecular flexibility index (Phi) is 4.29. The zero-order valence-electron chi connectivity index (χ0n) is 10.2. The molecule has 0 bridgehead atoms. The molecule has 1 fully saturated rings. The topological polar surface area (TPSA) is 49.4 Å². The molecule has 1 aromatic rings. The smallest absolute Gasteiger partial charge is 0.314 e. The first-order valence-corrected chi connectivity index (χ1v) is 7.62. The molecule has 0 radical (unpaired) electrons. The van der Waals surface area contributed by atoms with Gasteiger partial charge in [0, 0.05) is 26.2 Å². The van der Waals surface area contributed by atoms with E-state index in [1.807, 2.05) is 0 Å². The number of nitrogens with one attached hydrogen (secondary N) is 1. The van der Waals surface area contributed by atoms with Gasteiger partial charge in [-0.2, -0.15) is 17.5 Å². The van der Waals surface area contributed by atoms with Crippen LogP contribution < -0.4 is 5.32 Å². The van der Waals surface area contributed by atoms with E-state index in [1.54, 1.807) is 0 Å². The zero-order valence-corrected chi connectivity index (χ0v) is 11.8. The van der Waals surface area contributed by atoms with Gasteiger partial charge < -0.3 is 5.32 Å². The minimum atomic E-state index is -4.69. The van der Waals surface area contributed by atoms with Crippen molar-refractivity contribution in [3.8, 4) is 0 Å². The van der Waals surface area contributed by atoms with Crippen LogP contribution in [0.5, 0.6) is 0 Å². The van der Waals surface area contributed by atoms with Crippen LogP contribution in [0.4, 0.5) is 13.2 Å². The summed E-state index contributed by atoms with van der Waals surface area (Å²) < 4.78 is 64.0. The van der Waals surface area contributed by atoms with E-state index in [4.69, 9.17) is 11.6 Å². The van der Waals surface area contributed by atoms with Crippen molar-refractivity contribution in [1.29, 1.82) is 0 Å². The number of alkyl halides is 3. The Morgan fingerprint density at radius 3 is 2.35 bits per heavy atom. The van der Waals surface area contributed by atoms with Crippen molar-refractivity contribution >= 4 is 21.6 Å². The summed E-state index contributed by atoms with van der Waals surface area (Å²) in [6.07, 6.45) is -4.69. The standard InChI is InChI=1S/C11H12ClF3N2O2S/c12-10-2-1-8(7-9(10)11(13,14)15)20(18,19)17-5-3-16-4-6-17/h1-2,7,16H,3-6H2. The third kappa shape index (κ3) is 3.08. The van der Waals surface area contributed by atoms with Crippen molar-refractivity contribution in [3.63, 3.8) is 0 Å². The first-order chi connectivity index (χ1) is 9.23. The Hall–Kier alpha value is -0.830. The van der Waals surface area contributed by atoms with Crippen LogP contribution in [-0.2, 0) is 16.2 Å². The fraction of sp³-hybridized carbons (Fsp3) is 0.455. The fourth-order valence-electron chi connectivity index (χ4n) is 1.92. The van der Waals surface area contributed by atoms with Crippen molar-refractivity contribution in [2.45, 2.75) is 11.1 Å². The quantitative estimate of drug-likeness (QED) is 0.903. The lowest BCUT2D eigenvalue weighted by atomic mass is 10.2. The van der Waals surface area contributed by atoms with E-state index in [0.717, 1.165) is 16.4 Å². The largest absolute Gasteiger partial charge is 0.417 e. The highest BCUT2D eigenvalue weighted by molar-refractivity contribution is 7.89. The van der Waals surface area contributed by atoms with E-state index in [1.165, 1.54) is 0 Å². The molecule has 1 aromatic carbocycles. The summed E-state index contributed by atoms with van der Waals surface area (Å²) in [6.45, 7) is 1.40. The molecule has 4 nitrogen and oxygen atoms in total. The van der Waals surface area contributed by atoms with Crippen LogP contribution in [-0.4, -0.2) is 38.9 Å². The van der Waals surface area contributed by atoms with Crippen LogP contribution in [0.2, 0.25) is 5.02 Å². The third-order valence-corrected chi connectivity index (χ3v) is 5.18. The van der Waals surface area contributed by atoms with Crippen LogP contribution in [0.1, 0.15) is 5.56 Å². The number of piperazine rings is 1. The molecule has 1 aliphatic heterocycles. The molecule has 0 aromatic heterocycles. The highest BCUT2D eigenvalue weighted by atomic mass is 35.5. The maximum atomic E-state index is 12.8. The van der Waals surface area contributed by atoms with Gasteiger partial charge in [-0.3, -0.25) is 0 Å². The van der Waals surface area contributed by atoms with Gasteiger partial charge in [0.25, 0.3) is 0 Å². The van der Waals surface area contributed by atoms with E-state index in [-0.39, 0.29) is 13.1 Å². The summed E-state index contributed by atoms with van der Waals surface area (Å²) in [5, 5.41) is 2.46. The van der Waals surface area contributed by atoms with Gasteiger partial charge in [-0.15, -0.1) is 0 Å². The monoisotopic (exact) mass is 328 g/mol. The van der Waals surface area contributed by atoms with Crippen molar-refractivity contribution in [3.05, 3.63) is 28.8 Å². The number of sulfonamides is 1. The van der Waals surface area contributed by atoms with E-state index in [9.17, 15) is 21.6 Å². The van der Waals surface area contributed by atoms with Gasteiger partial charge in [-0.25, -0.2) is 8.42 Å². The normalized spacial score (nSPS) is 18.2. The van der Waals surface area contributed by atoms with Gasteiger partial charge in [0.2, 0.25) is 10.0 Å². The molecular formula is C11H12ClF3N2O2S. The molecule has 0 saturated carbocycles. The van der Waals surface area contributed by atoms with Crippen LogP contribution in [0.3, 0.4) is 0 Å². The number of hydrogen-bond donors (Lipinski definition) is 1. The minimum Gasteiger partial charge on any atom is -0.314 e. The summed E-state index contributed by atoms with van der Waals surface area (Å²) in [4.78, 5) is -0.392. The van der Waals surface area contributed by atoms with Crippen LogP contribution in [0, 0.1) is 0 Å². The molecule has 9 heteroatoms. The van der Waals surface area contributed by atoms with Crippen LogP contribution in [0.25, 0.3) is 0 Å². The van der Waals surface area contributed by atoms with Crippen molar-refractivity contribution in [2.75, 3.05) is 26.2 Å². The SMILES string of the molecule is O=S(=O)(c1ccc(Cl)c(C(F)(F)F)c1)N1CCNCC1. The molecular weight excluding hydrogens is 317 g/mol. The number of benzene rings is 1. The van der Waals surface area contributed by atoms with Gasteiger partial charge in [-0.05, 0) is 18.2 Å². The maximum Gasteiger partial charge on any atom is 0.417 e. The van der Waals surface area contributed by atoms with E-state index in [2.05, 4.69) is 5.32 Å². The van der Waals surface area contributed by atoms with Gasteiger partial charge in [-0.1, -0.05) is 11.6 Å². The molecule has 1 heterocycles. The first kappa shape index (κ1) is 15.6. The third-order valence-electron chi connectivity index (χ3n) is 2.96. The number of hydrogen-bond acceptors (Lipinski definition) is 3. The lowest BCUT2D eigenvalue weighted by Gasteiger charge is -2.26. The molecule has 0 atom stereocenters. The van der Waals surface area contributed by atoms with Crippen LogP contribution >= 0.6 is 11.6 Å². The molecule has 0 spiro atoms. The average molecular weight is 329 g/mol. The van der Waals surface area contributed by atoms with Gasteiger partial charge in [0.1, 0.15) is 0 Å². The molecule has 112 valence electrons. The fourth-order valence-corrected chi connectivity index (χ4v) is 3.61. The number of nitrogens with zero attached hydrogens (tertiary/aromatic N) is 1. The molecule has 0 unspecified atom stereocenters. The maximum absolute atomic E-state index is 12.8. The van der Waals surface area contributed by atoms with Crippen molar-refractivity contribution in [2.24, 2.45) is 0 Å². The molecule has 2 rings (SSSR count). The lowest BCUT2D eigenvalue weighted by Crippen LogP contribution is -2.46. The second-order valence-electron chi connectivity index (χ2n) is 4.29. The van der Waals surface area contributed by atoms with Crippen molar-refractivity contribution < 1.29 is 21.6 Å². The molecule has 1 aliphatic rings. The zero-order chi connectivity index (χ0) is 15.0.